The molecule has 140 valence electrons. The Balaban J connectivity index is 1.37. The second kappa shape index (κ2) is 7.67. The molecule has 0 bridgehead atoms. The summed E-state index contributed by atoms with van der Waals surface area (Å²) in [4.78, 5) is 16.7. The van der Waals surface area contributed by atoms with Crippen LogP contribution >= 0.6 is 0 Å². The highest BCUT2D eigenvalue weighted by Crippen LogP contribution is 2.18. The number of rotatable bonds is 5. The Morgan fingerprint density at radius 1 is 1.33 bits per heavy atom. The number of carbonyl (C=O) groups is 1. The van der Waals surface area contributed by atoms with Gasteiger partial charge in [0.25, 0.3) is 5.91 Å². The molecule has 9 heteroatoms. The number of H-pyrrole nitrogens is 1. The van der Waals surface area contributed by atoms with Crippen LogP contribution in [0.3, 0.4) is 0 Å². The van der Waals surface area contributed by atoms with Crippen LogP contribution in [0.15, 0.2) is 30.5 Å². The van der Waals surface area contributed by atoms with Gasteiger partial charge in [0.15, 0.2) is 11.5 Å². The highest BCUT2D eigenvalue weighted by Gasteiger charge is 2.16. The second-order valence-corrected chi connectivity index (χ2v) is 6.81. The number of aromatic nitrogens is 6. The number of aromatic amines is 1. The van der Waals surface area contributed by atoms with Crippen molar-refractivity contribution in [3.8, 4) is 11.4 Å². The van der Waals surface area contributed by atoms with Crippen molar-refractivity contribution in [2.24, 2.45) is 5.92 Å². The third-order valence-electron chi connectivity index (χ3n) is 4.61. The summed E-state index contributed by atoms with van der Waals surface area (Å²) in [5.74, 6) is 1.65. The molecule has 1 aromatic carbocycles. The van der Waals surface area contributed by atoms with Gasteiger partial charge in [-0.1, -0.05) is 5.21 Å². The quantitative estimate of drug-likeness (QED) is 0.632. The number of carbonyl (C=O) groups excluding carboxylic acids is 1. The van der Waals surface area contributed by atoms with Crippen LogP contribution in [0.1, 0.15) is 29.2 Å². The van der Waals surface area contributed by atoms with Gasteiger partial charge in [0.2, 0.25) is 0 Å². The number of nitrogens with one attached hydrogen (secondary N) is 3. The van der Waals surface area contributed by atoms with Gasteiger partial charge in [-0.15, -0.1) is 5.10 Å². The molecular formula is C18H22N8O. The standard InChI is InChI=1S/C18H22N8O/c1-12-20-17(24-22-12)14-4-6-15(7-5-14)21-18(27)16-11-26(25-23-16)10-13-3-2-8-19-9-13/h4-7,11,13,19H,2-3,8-10H2,1H3,(H,21,27)(H,20,22,24). The molecule has 2 aromatic heterocycles. The summed E-state index contributed by atoms with van der Waals surface area (Å²) in [6.45, 7) is 4.69. The molecule has 3 N–H and O–H groups in total. The van der Waals surface area contributed by atoms with Crippen LogP contribution in [-0.4, -0.2) is 49.2 Å². The number of aryl methyl sites for hydroxylation is 1. The maximum absolute atomic E-state index is 12.4. The smallest absolute Gasteiger partial charge is 0.277 e. The number of nitrogens with zero attached hydrogens (tertiary/aromatic N) is 5. The molecule has 0 radical (unpaired) electrons. The summed E-state index contributed by atoms with van der Waals surface area (Å²) in [6, 6.07) is 7.37. The molecule has 0 saturated carbocycles. The lowest BCUT2D eigenvalue weighted by Gasteiger charge is -2.22. The zero-order valence-corrected chi connectivity index (χ0v) is 15.1. The monoisotopic (exact) mass is 366 g/mol. The van der Waals surface area contributed by atoms with E-state index in [1.807, 2.05) is 31.2 Å². The minimum Gasteiger partial charge on any atom is -0.321 e. The van der Waals surface area contributed by atoms with Crippen LogP contribution in [-0.2, 0) is 6.54 Å². The fourth-order valence-electron chi connectivity index (χ4n) is 3.21. The van der Waals surface area contributed by atoms with Crippen molar-refractivity contribution >= 4 is 11.6 Å². The molecule has 1 amide bonds. The molecule has 1 atom stereocenters. The predicted molar refractivity (Wildman–Crippen MR) is 100 cm³/mol. The number of benzene rings is 1. The van der Waals surface area contributed by atoms with Crippen LogP contribution in [0.2, 0.25) is 0 Å². The maximum atomic E-state index is 12.4. The van der Waals surface area contributed by atoms with E-state index in [2.05, 4.69) is 36.1 Å². The molecular weight excluding hydrogens is 344 g/mol. The first-order valence-corrected chi connectivity index (χ1v) is 9.09. The van der Waals surface area contributed by atoms with Gasteiger partial charge in [0.1, 0.15) is 5.82 Å². The predicted octanol–water partition coefficient (Wildman–Crippen LogP) is 1.62. The minimum atomic E-state index is -0.274. The van der Waals surface area contributed by atoms with Gasteiger partial charge in [0, 0.05) is 17.8 Å². The summed E-state index contributed by atoms with van der Waals surface area (Å²) in [5, 5.41) is 21.3. The summed E-state index contributed by atoms with van der Waals surface area (Å²) >= 11 is 0. The van der Waals surface area contributed by atoms with Crippen molar-refractivity contribution in [3.05, 3.63) is 42.0 Å². The Bertz CT molecular complexity index is 908. The fourth-order valence-corrected chi connectivity index (χ4v) is 3.21. The van der Waals surface area contributed by atoms with E-state index in [0.29, 0.717) is 23.1 Å². The van der Waals surface area contributed by atoms with Gasteiger partial charge < -0.3 is 10.6 Å². The van der Waals surface area contributed by atoms with E-state index in [1.54, 1.807) is 10.9 Å². The van der Waals surface area contributed by atoms with Crippen LogP contribution in [0, 0.1) is 12.8 Å². The van der Waals surface area contributed by atoms with Crippen LogP contribution in [0.4, 0.5) is 5.69 Å². The SMILES string of the molecule is Cc1nc(-c2ccc(NC(=O)c3cn(CC4CCCNC4)nn3)cc2)n[nH]1. The van der Waals surface area contributed by atoms with Gasteiger partial charge in [-0.25, -0.2) is 4.98 Å². The summed E-state index contributed by atoms with van der Waals surface area (Å²) in [5.41, 5.74) is 1.87. The van der Waals surface area contributed by atoms with E-state index >= 15 is 0 Å². The average Bonchev–Trinajstić information content (AvgIpc) is 3.32. The second-order valence-electron chi connectivity index (χ2n) is 6.81. The van der Waals surface area contributed by atoms with E-state index < -0.39 is 0 Å². The van der Waals surface area contributed by atoms with Crippen molar-refractivity contribution < 1.29 is 4.79 Å². The molecule has 1 aliphatic rings. The van der Waals surface area contributed by atoms with Crippen molar-refractivity contribution in [3.63, 3.8) is 0 Å². The third-order valence-corrected chi connectivity index (χ3v) is 4.61. The van der Waals surface area contributed by atoms with Gasteiger partial charge in [0.05, 0.1) is 6.20 Å². The van der Waals surface area contributed by atoms with E-state index in [9.17, 15) is 4.79 Å². The molecule has 27 heavy (non-hydrogen) atoms. The average molecular weight is 366 g/mol. The molecule has 0 spiro atoms. The first-order valence-electron chi connectivity index (χ1n) is 9.09. The van der Waals surface area contributed by atoms with Crippen LogP contribution in [0.5, 0.6) is 0 Å². The molecule has 1 unspecified atom stereocenters. The Kier molecular flexibility index (Phi) is 4.93. The third kappa shape index (κ3) is 4.20. The largest absolute Gasteiger partial charge is 0.321 e. The number of anilines is 1. The lowest BCUT2D eigenvalue weighted by Crippen LogP contribution is -2.32. The topological polar surface area (TPSA) is 113 Å². The summed E-state index contributed by atoms with van der Waals surface area (Å²) in [7, 11) is 0. The number of hydrogen-bond donors (Lipinski definition) is 3. The number of piperidine rings is 1. The molecule has 3 heterocycles. The van der Waals surface area contributed by atoms with E-state index in [1.165, 1.54) is 12.8 Å². The molecule has 1 fully saturated rings. The van der Waals surface area contributed by atoms with Crippen LogP contribution < -0.4 is 10.6 Å². The number of amides is 1. The van der Waals surface area contributed by atoms with Gasteiger partial charge >= 0.3 is 0 Å². The summed E-state index contributed by atoms with van der Waals surface area (Å²) < 4.78 is 1.75. The zero-order valence-electron chi connectivity index (χ0n) is 15.1. The van der Waals surface area contributed by atoms with Gasteiger partial charge in [-0.05, 0) is 63.0 Å². The highest BCUT2D eigenvalue weighted by atomic mass is 16.2. The molecule has 0 aliphatic carbocycles. The molecule has 4 rings (SSSR count). The van der Waals surface area contributed by atoms with Crippen molar-refractivity contribution in [1.82, 2.24) is 35.5 Å². The Hall–Kier alpha value is -3.07. The summed E-state index contributed by atoms with van der Waals surface area (Å²) in [6.07, 6.45) is 4.05. The first-order chi connectivity index (χ1) is 13.2. The fraction of sp³-hybridized carbons (Fsp3) is 0.389. The van der Waals surface area contributed by atoms with Crippen molar-refractivity contribution in [2.45, 2.75) is 26.3 Å². The normalized spacial score (nSPS) is 17.0. The Morgan fingerprint density at radius 2 is 2.19 bits per heavy atom. The molecule has 1 aliphatic heterocycles. The Labute approximate surface area is 156 Å². The van der Waals surface area contributed by atoms with Gasteiger partial charge in [-0.3, -0.25) is 14.6 Å². The number of hydrogen-bond acceptors (Lipinski definition) is 6. The minimum absolute atomic E-state index is 0.274. The lowest BCUT2D eigenvalue weighted by molar-refractivity contribution is 0.102. The lowest BCUT2D eigenvalue weighted by atomic mass is 10.00. The maximum Gasteiger partial charge on any atom is 0.277 e. The van der Waals surface area contributed by atoms with Gasteiger partial charge in [-0.2, -0.15) is 5.10 Å². The van der Waals surface area contributed by atoms with E-state index in [0.717, 1.165) is 31.0 Å². The van der Waals surface area contributed by atoms with Crippen molar-refractivity contribution in [2.75, 3.05) is 18.4 Å². The van der Waals surface area contributed by atoms with E-state index in [4.69, 9.17) is 0 Å². The van der Waals surface area contributed by atoms with E-state index in [-0.39, 0.29) is 5.91 Å². The molecule has 9 nitrogen and oxygen atoms in total. The first kappa shape index (κ1) is 17.3. The molecule has 1 saturated heterocycles. The van der Waals surface area contributed by atoms with Crippen molar-refractivity contribution in [1.29, 1.82) is 0 Å². The highest BCUT2D eigenvalue weighted by molar-refractivity contribution is 6.02. The molecule has 3 aromatic rings. The zero-order chi connectivity index (χ0) is 18.6. The van der Waals surface area contributed by atoms with Crippen LogP contribution in [0.25, 0.3) is 11.4 Å². The Morgan fingerprint density at radius 3 is 2.89 bits per heavy atom.